The fraction of sp³-hybridized carbons (Fsp3) is 0.241. The fourth-order valence-corrected chi connectivity index (χ4v) is 4.43. The first-order chi connectivity index (χ1) is 17.2. The molecular formula is C29H30N4O2. The molecular weight excluding hydrogens is 436 g/mol. The van der Waals surface area contributed by atoms with E-state index in [1.807, 2.05) is 36.7 Å². The number of nitrogens with zero attached hydrogens (tertiary/aromatic N) is 4. The molecule has 1 saturated heterocycles. The maximum atomic E-state index is 5.25. The van der Waals surface area contributed by atoms with Crippen molar-refractivity contribution >= 4 is 11.6 Å². The van der Waals surface area contributed by atoms with Crippen molar-refractivity contribution in [1.82, 2.24) is 9.97 Å². The quantitative estimate of drug-likeness (QED) is 0.372. The molecule has 1 fully saturated rings. The molecule has 0 spiro atoms. The largest absolute Gasteiger partial charge is 0.497 e. The number of rotatable bonds is 6. The fourth-order valence-electron chi connectivity index (χ4n) is 4.43. The number of aromatic nitrogens is 2. The zero-order valence-electron chi connectivity index (χ0n) is 20.2. The highest BCUT2D eigenvalue weighted by molar-refractivity contribution is 5.66. The first kappa shape index (κ1) is 22.7. The van der Waals surface area contributed by atoms with Crippen LogP contribution >= 0.6 is 0 Å². The summed E-state index contributed by atoms with van der Waals surface area (Å²) in [6.07, 6.45) is 4.97. The van der Waals surface area contributed by atoms with Crippen molar-refractivity contribution in [2.24, 2.45) is 0 Å². The van der Waals surface area contributed by atoms with Crippen molar-refractivity contribution in [3.63, 3.8) is 0 Å². The van der Waals surface area contributed by atoms with Gasteiger partial charge in [-0.25, -0.2) is 9.97 Å². The molecule has 5 rings (SSSR count). The van der Waals surface area contributed by atoms with E-state index in [2.05, 4.69) is 58.3 Å². The first-order valence-electron chi connectivity index (χ1n) is 11.9. The zero-order chi connectivity index (χ0) is 24.0. The number of benzene rings is 2. The first-order valence-corrected chi connectivity index (χ1v) is 11.9. The number of ether oxygens (including phenoxy) is 2. The van der Waals surface area contributed by atoms with Gasteiger partial charge in [0.05, 0.1) is 14.2 Å². The minimum absolute atomic E-state index is 0.859. The van der Waals surface area contributed by atoms with E-state index < -0.39 is 0 Å². The second kappa shape index (κ2) is 10.5. The lowest BCUT2D eigenvalue weighted by Crippen LogP contribution is -2.31. The molecule has 0 bridgehead atoms. The van der Waals surface area contributed by atoms with Gasteiger partial charge in [0.1, 0.15) is 23.1 Å². The highest BCUT2D eigenvalue weighted by Crippen LogP contribution is 2.26. The van der Waals surface area contributed by atoms with Gasteiger partial charge in [0.15, 0.2) is 0 Å². The molecule has 0 aliphatic carbocycles. The maximum Gasteiger partial charge on any atom is 0.128 e. The predicted octanol–water partition coefficient (Wildman–Crippen LogP) is 5.54. The van der Waals surface area contributed by atoms with Gasteiger partial charge in [0.2, 0.25) is 0 Å². The lowest BCUT2D eigenvalue weighted by molar-refractivity contribution is 0.415. The summed E-state index contributed by atoms with van der Waals surface area (Å²) >= 11 is 0. The van der Waals surface area contributed by atoms with E-state index in [4.69, 9.17) is 19.4 Å². The molecule has 0 unspecified atom stereocenters. The van der Waals surface area contributed by atoms with Crippen LogP contribution in [0, 0.1) is 0 Å². The Morgan fingerprint density at radius 1 is 0.514 bits per heavy atom. The van der Waals surface area contributed by atoms with Gasteiger partial charge in [-0.3, -0.25) is 0 Å². The predicted molar refractivity (Wildman–Crippen MR) is 141 cm³/mol. The van der Waals surface area contributed by atoms with E-state index in [1.165, 1.54) is 0 Å². The van der Waals surface area contributed by atoms with Crippen LogP contribution in [0.5, 0.6) is 11.5 Å². The second-order valence-electron chi connectivity index (χ2n) is 8.59. The molecule has 0 amide bonds. The Morgan fingerprint density at radius 2 is 0.914 bits per heavy atom. The van der Waals surface area contributed by atoms with Crippen LogP contribution in [0.4, 0.5) is 11.6 Å². The van der Waals surface area contributed by atoms with Gasteiger partial charge in [0, 0.05) is 49.7 Å². The Hall–Kier alpha value is -4.06. The van der Waals surface area contributed by atoms with Crippen molar-refractivity contribution in [2.75, 3.05) is 50.2 Å². The standard InChI is InChI=1S/C29H30N4O2/c1-34-26-10-4-22(5-11-26)24-8-14-28(30-20-24)32-16-3-17-33(19-18-32)29-15-9-25(21-31-29)23-6-12-27(35-2)13-7-23/h4-15,20-21H,3,16-19H2,1-2H3. The number of hydrogen-bond acceptors (Lipinski definition) is 6. The summed E-state index contributed by atoms with van der Waals surface area (Å²) in [7, 11) is 3.36. The van der Waals surface area contributed by atoms with Gasteiger partial charge in [-0.1, -0.05) is 24.3 Å². The molecule has 1 aliphatic heterocycles. The Labute approximate surface area is 206 Å². The Balaban J connectivity index is 1.22. The average Bonchev–Trinajstić information content (AvgIpc) is 3.20. The summed E-state index contributed by atoms with van der Waals surface area (Å²) < 4.78 is 10.5. The Kier molecular flexibility index (Phi) is 6.80. The van der Waals surface area contributed by atoms with Crippen LogP contribution in [0.1, 0.15) is 6.42 Å². The third-order valence-electron chi connectivity index (χ3n) is 6.49. The Bertz CT molecular complexity index is 1120. The second-order valence-corrected chi connectivity index (χ2v) is 8.59. The molecule has 3 heterocycles. The maximum absolute atomic E-state index is 5.25. The lowest BCUT2D eigenvalue weighted by Gasteiger charge is -2.23. The monoisotopic (exact) mass is 466 g/mol. The average molecular weight is 467 g/mol. The summed E-state index contributed by atoms with van der Waals surface area (Å²) in [4.78, 5) is 14.3. The highest BCUT2D eigenvalue weighted by Gasteiger charge is 2.17. The van der Waals surface area contributed by atoms with Gasteiger partial charge in [-0.2, -0.15) is 0 Å². The van der Waals surface area contributed by atoms with Crippen molar-refractivity contribution in [1.29, 1.82) is 0 Å². The van der Waals surface area contributed by atoms with Gasteiger partial charge < -0.3 is 19.3 Å². The topological polar surface area (TPSA) is 50.7 Å². The van der Waals surface area contributed by atoms with Crippen LogP contribution in [0.3, 0.4) is 0 Å². The van der Waals surface area contributed by atoms with Crippen LogP contribution in [-0.2, 0) is 0 Å². The minimum Gasteiger partial charge on any atom is -0.497 e. The van der Waals surface area contributed by atoms with Crippen LogP contribution < -0.4 is 19.3 Å². The van der Waals surface area contributed by atoms with Crippen molar-refractivity contribution in [3.05, 3.63) is 85.2 Å². The lowest BCUT2D eigenvalue weighted by atomic mass is 10.1. The number of anilines is 2. The van der Waals surface area contributed by atoms with Crippen LogP contribution in [-0.4, -0.2) is 50.4 Å². The van der Waals surface area contributed by atoms with Gasteiger partial charge in [-0.05, 0) is 66.1 Å². The van der Waals surface area contributed by atoms with Crippen molar-refractivity contribution < 1.29 is 9.47 Å². The molecule has 178 valence electrons. The molecule has 35 heavy (non-hydrogen) atoms. The van der Waals surface area contributed by atoms with Crippen molar-refractivity contribution in [2.45, 2.75) is 6.42 Å². The number of methoxy groups -OCH3 is 2. The normalized spacial score (nSPS) is 13.9. The smallest absolute Gasteiger partial charge is 0.128 e. The third kappa shape index (κ3) is 5.22. The van der Waals surface area contributed by atoms with E-state index in [9.17, 15) is 0 Å². The van der Waals surface area contributed by atoms with E-state index in [1.54, 1.807) is 14.2 Å². The van der Waals surface area contributed by atoms with Gasteiger partial charge >= 0.3 is 0 Å². The molecule has 2 aromatic carbocycles. The molecule has 0 N–H and O–H groups in total. The summed E-state index contributed by atoms with van der Waals surface area (Å²) in [6, 6.07) is 24.7. The molecule has 0 saturated carbocycles. The molecule has 4 aromatic rings. The number of hydrogen-bond donors (Lipinski definition) is 0. The molecule has 0 radical (unpaired) electrons. The molecule has 6 heteroatoms. The van der Waals surface area contributed by atoms with Gasteiger partial charge in [-0.15, -0.1) is 0 Å². The van der Waals surface area contributed by atoms with E-state index in [0.29, 0.717) is 0 Å². The van der Waals surface area contributed by atoms with E-state index in [0.717, 1.165) is 78.0 Å². The summed E-state index contributed by atoms with van der Waals surface area (Å²) in [5.74, 6) is 3.76. The highest BCUT2D eigenvalue weighted by atomic mass is 16.5. The third-order valence-corrected chi connectivity index (χ3v) is 6.49. The van der Waals surface area contributed by atoms with Crippen molar-refractivity contribution in [3.8, 4) is 33.8 Å². The summed E-state index contributed by atoms with van der Waals surface area (Å²) in [6.45, 7) is 3.79. The molecule has 6 nitrogen and oxygen atoms in total. The van der Waals surface area contributed by atoms with Crippen LogP contribution in [0.15, 0.2) is 85.2 Å². The van der Waals surface area contributed by atoms with Crippen LogP contribution in [0.25, 0.3) is 22.3 Å². The van der Waals surface area contributed by atoms with Gasteiger partial charge in [0.25, 0.3) is 0 Å². The Morgan fingerprint density at radius 3 is 1.26 bits per heavy atom. The minimum atomic E-state index is 0.859. The summed E-state index contributed by atoms with van der Waals surface area (Å²) in [5, 5.41) is 0. The molecule has 1 aliphatic rings. The van der Waals surface area contributed by atoms with E-state index in [-0.39, 0.29) is 0 Å². The number of pyridine rings is 2. The molecule has 0 atom stereocenters. The molecule has 2 aromatic heterocycles. The van der Waals surface area contributed by atoms with E-state index >= 15 is 0 Å². The zero-order valence-corrected chi connectivity index (χ0v) is 20.2. The van der Waals surface area contributed by atoms with Crippen LogP contribution in [0.2, 0.25) is 0 Å². The summed E-state index contributed by atoms with van der Waals surface area (Å²) in [5.41, 5.74) is 4.48. The SMILES string of the molecule is COc1ccc(-c2ccc(N3CCCN(c4ccc(-c5ccc(OC)cc5)cn4)CC3)nc2)cc1.